The largest absolute Gasteiger partial charge is 0.441 e. The first-order chi connectivity index (χ1) is 11.3. The number of halogens is 1. The molecule has 1 amide bonds. The summed E-state index contributed by atoms with van der Waals surface area (Å²) in [5.74, 6) is 0.765. The molecule has 24 heavy (non-hydrogen) atoms. The van der Waals surface area contributed by atoms with Crippen LogP contribution in [0, 0.1) is 6.92 Å². The lowest BCUT2D eigenvalue weighted by Gasteiger charge is -2.09. The Morgan fingerprint density at radius 2 is 2.17 bits per heavy atom. The van der Waals surface area contributed by atoms with E-state index in [-0.39, 0.29) is 29.9 Å². The van der Waals surface area contributed by atoms with E-state index in [1.165, 1.54) is 0 Å². The lowest BCUT2D eigenvalue weighted by Crippen LogP contribution is -2.36. The van der Waals surface area contributed by atoms with Crippen LogP contribution in [0.15, 0.2) is 28.7 Å². The summed E-state index contributed by atoms with van der Waals surface area (Å²) in [6.07, 6.45) is 0.493. The Hall–Kier alpha value is -1.86. The van der Waals surface area contributed by atoms with E-state index in [9.17, 15) is 13.2 Å². The number of sulfone groups is 1. The summed E-state index contributed by atoms with van der Waals surface area (Å²) in [6.45, 7) is 1.73. The summed E-state index contributed by atoms with van der Waals surface area (Å²) in [5, 5.41) is 3.26. The fourth-order valence-electron chi connectivity index (χ4n) is 2.68. The van der Waals surface area contributed by atoms with E-state index >= 15 is 0 Å². The van der Waals surface area contributed by atoms with E-state index in [4.69, 9.17) is 16.0 Å². The van der Waals surface area contributed by atoms with Gasteiger partial charge in [0.15, 0.2) is 9.84 Å². The van der Waals surface area contributed by atoms with Crippen LogP contribution >= 0.6 is 11.6 Å². The number of nitrogens with zero attached hydrogens (tertiary/aromatic N) is 1. The van der Waals surface area contributed by atoms with E-state index in [2.05, 4.69) is 10.3 Å². The molecule has 2 heterocycles. The number of oxazole rings is 1. The van der Waals surface area contributed by atoms with Crippen LogP contribution in [0.1, 0.15) is 17.9 Å². The quantitative estimate of drug-likeness (QED) is 0.893. The van der Waals surface area contributed by atoms with E-state index in [0.29, 0.717) is 34.4 Å². The average molecular weight is 369 g/mol. The molecule has 1 aliphatic rings. The lowest BCUT2D eigenvalue weighted by atomic mass is 10.2. The number of amides is 1. The van der Waals surface area contributed by atoms with Gasteiger partial charge < -0.3 is 9.73 Å². The van der Waals surface area contributed by atoms with Crippen LogP contribution in [-0.4, -0.2) is 36.9 Å². The maximum atomic E-state index is 12.1. The number of carbonyl (C=O) groups is 1. The molecule has 6 nitrogen and oxygen atoms in total. The molecule has 0 radical (unpaired) electrons. The molecule has 1 aliphatic heterocycles. The third kappa shape index (κ3) is 3.79. The maximum Gasteiger partial charge on any atom is 0.228 e. The standard InChI is InChI=1S/C16H17ClN2O4S/c1-10-14(8-15(20)18-11-6-7-24(21,22)9-11)19-16(23-10)12-4-2-3-5-13(12)17/h2-5,11H,6-9H2,1H3,(H,18,20). The molecule has 1 atom stereocenters. The highest BCUT2D eigenvalue weighted by atomic mass is 35.5. The summed E-state index contributed by atoms with van der Waals surface area (Å²) >= 11 is 6.13. The van der Waals surface area contributed by atoms with Gasteiger partial charge in [-0.1, -0.05) is 23.7 Å². The zero-order chi connectivity index (χ0) is 17.3. The molecule has 128 valence electrons. The van der Waals surface area contributed by atoms with E-state index in [0.717, 1.165) is 0 Å². The lowest BCUT2D eigenvalue weighted by molar-refractivity contribution is -0.121. The number of aromatic nitrogens is 1. The van der Waals surface area contributed by atoms with Gasteiger partial charge in [-0.15, -0.1) is 0 Å². The first-order valence-corrected chi connectivity index (χ1v) is 9.75. The number of aryl methyl sites for hydroxylation is 1. The molecule has 1 N–H and O–H groups in total. The summed E-state index contributed by atoms with van der Waals surface area (Å²) in [5.41, 5.74) is 1.18. The summed E-state index contributed by atoms with van der Waals surface area (Å²) in [6, 6.07) is 6.85. The summed E-state index contributed by atoms with van der Waals surface area (Å²) in [7, 11) is -3.02. The molecule has 1 unspecified atom stereocenters. The van der Waals surface area contributed by atoms with Gasteiger partial charge in [-0.2, -0.15) is 0 Å². The Balaban J connectivity index is 1.70. The van der Waals surface area contributed by atoms with Gasteiger partial charge >= 0.3 is 0 Å². The molecule has 0 aliphatic carbocycles. The zero-order valence-corrected chi connectivity index (χ0v) is 14.7. The number of carbonyl (C=O) groups excluding carboxylic acids is 1. The molecule has 2 aromatic rings. The van der Waals surface area contributed by atoms with Crippen LogP contribution < -0.4 is 5.32 Å². The van der Waals surface area contributed by atoms with E-state index in [1.54, 1.807) is 19.1 Å². The van der Waals surface area contributed by atoms with Crippen LogP contribution in [-0.2, 0) is 21.1 Å². The van der Waals surface area contributed by atoms with Crippen LogP contribution in [0.4, 0.5) is 0 Å². The molecule has 1 fully saturated rings. The molecule has 0 saturated carbocycles. The molecule has 1 aromatic carbocycles. The highest BCUT2D eigenvalue weighted by Crippen LogP contribution is 2.28. The number of nitrogens with one attached hydrogen (secondary N) is 1. The van der Waals surface area contributed by atoms with Crippen LogP contribution in [0.5, 0.6) is 0 Å². The SMILES string of the molecule is Cc1oc(-c2ccccc2Cl)nc1CC(=O)NC1CCS(=O)(=O)C1. The Bertz CT molecular complexity index is 876. The van der Waals surface area contributed by atoms with Crippen LogP contribution in [0.2, 0.25) is 5.02 Å². The normalized spacial score (nSPS) is 19.3. The Morgan fingerprint density at radius 3 is 2.83 bits per heavy atom. The zero-order valence-electron chi connectivity index (χ0n) is 13.1. The van der Waals surface area contributed by atoms with Crippen LogP contribution in [0.3, 0.4) is 0 Å². The fraction of sp³-hybridized carbons (Fsp3) is 0.375. The van der Waals surface area contributed by atoms with Gasteiger partial charge in [-0.25, -0.2) is 13.4 Å². The van der Waals surface area contributed by atoms with Gasteiger partial charge in [-0.05, 0) is 25.5 Å². The van der Waals surface area contributed by atoms with Crippen LogP contribution in [0.25, 0.3) is 11.5 Å². The van der Waals surface area contributed by atoms with Crippen molar-refractivity contribution >= 4 is 27.3 Å². The van der Waals surface area contributed by atoms with Crippen molar-refractivity contribution in [3.05, 3.63) is 40.7 Å². The molecule has 1 saturated heterocycles. The minimum Gasteiger partial charge on any atom is -0.441 e. The van der Waals surface area contributed by atoms with Gasteiger partial charge in [0.05, 0.1) is 34.2 Å². The Labute approximate surface area is 145 Å². The van der Waals surface area contributed by atoms with Crippen molar-refractivity contribution < 1.29 is 17.6 Å². The second-order valence-corrected chi connectivity index (χ2v) is 8.48. The second kappa shape index (κ2) is 6.57. The minimum atomic E-state index is -3.02. The van der Waals surface area contributed by atoms with Crippen molar-refractivity contribution in [2.45, 2.75) is 25.8 Å². The maximum absolute atomic E-state index is 12.1. The first-order valence-electron chi connectivity index (χ1n) is 7.55. The first kappa shape index (κ1) is 17.0. The molecule has 3 rings (SSSR count). The average Bonchev–Trinajstić information content (AvgIpc) is 3.02. The minimum absolute atomic E-state index is 0.00140. The van der Waals surface area contributed by atoms with E-state index < -0.39 is 9.84 Å². The molecule has 0 spiro atoms. The number of hydrogen-bond donors (Lipinski definition) is 1. The van der Waals surface area contributed by atoms with Crippen molar-refractivity contribution in [3.63, 3.8) is 0 Å². The Morgan fingerprint density at radius 1 is 1.42 bits per heavy atom. The third-order valence-corrected chi connectivity index (χ3v) is 6.02. The topological polar surface area (TPSA) is 89.3 Å². The van der Waals surface area contributed by atoms with Crippen molar-refractivity contribution in [1.82, 2.24) is 10.3 Å². The third-order valence-electron chi connectivity index (χ3n) is 3.92. The highest BCUT2D eigenvalue weighted by molar-refractivity contribution is 7.91. The van der Waals surface area contributed by atoms with Gasteiger partial charge in [-0.3, -0.25) is 4.79 Å². The summed E-state index contributed by atoms with van der Waals surface area (Å²) < 4.78 is 28.5. The summed E-state index contributed by atoms with van der Waals surface area (Å²) in [4.78, 5) is 16.5. The number of rotatable bonds is 4. The fourth-order valence-corrected chi connectivity index (χ4v) is 4.57. The predicted octanol–water partition coefficient (Wildman–Crippen LogP) is 2.15. The molecule has 0 bridgehead atoms. The molecule has 1 aromatic heterocycles. The highest BCUT2D eigenvalue weighted by Gasteiger charge is 2.29. The van der Waals surface area contributed by atoms with Crippen molar-refractivity contribution in [1.29, 1.82) is 0 Å². The number of hydrogen-bond acceptors (Lipinski definition) is 5. The van der Waals surface area contributed by atoms with Gasteiger partial charge in [0, 0.05) is 6.04 Å². The van der Waals surface area contributed by atoms with Gasteiger partial charge in [0.2, 0.25) is 11.8 Å². The van der Waals surface area contributed by atoms with Crippen molar-refractivity contribution in [2.75, 3.05) is 11.5 Å². The molecular formula is C16H17ClN2O4S. The van der Waals surface area contributed by atoms with Crippen molar-refractivity contribution in [3.8, 4) is 11.5 Å². The predicted molar refractivity (Wildman–Crippen MR) is 90.6 cm³/mol. The Kier molecular flexibility index (Phi) is 4.64. The molecular weight excluding hydrogens is 352 g/mol. The second-order valence-electron chi connectivity index (χ2n) is 5.85. The van der Waals surface area contributed by atoms with Gasteiger partial charge in [0.1, 0.15) is 5.76 Å². The molecule has 8 heteroatoms. The number of benzene rings is 1. The van der Waals surface area contributed by atoms with E-state index in [1.807, 2.05) is 12.1 Å². The van der Waals surface area contributed by atoms with Gasteiger partial charge in [0.25, 0.3) is 0 Å². The van der Waals surface area contributed by atoms with Crippen molar-refractivity contribution in [2.24, 2.45) is 0 Å². The monoisotopic (exact) mass is 368 g/mol. The smallest absolute Gasteiger partial charge is 0.228 e.